The Morgan fingerprint density at radius 1 is 1.17 bits per heavy atom. The number of carboxylic acid groups (broad SMARTS) is 1. The van der Waals surface area contributed by atoms with E-state index in [2.05, 4.69) is 10.3 Å². The number of thiazole rings is 1. The number of anilines is 1. The van der Waals surface area contributed by atoms with Gasteiger partial charge >= 0.3 is 12.1 Å². The summed E-state index contributed by atoms with van der Waals surface area (Å²) < 4.78 is 38.2. The van der Waals surface area contributed by atoms with Gasteiger partial charge in [0.25, 0.3) is 0 Å². The second-order valence-electron chi connectivity index (χ2n) is 7.37. The summed E-state index contributed by atoms with van der Waals surface area (Å²) >= 11 is 1.45. The van der Waals surface area contributed by atoms with E-state index in [1.807, 2.05) is 31.2 Å². The second kappa shape index (κ2) is 7.75. The summed E-state index contributed by atoms with van der Waals surface area (Å²) in [5.41, 5.74) is 2.76. The van der Waals surface area contributed by atoms with Gasteiger partial charge in [0, 0.05) is 16.1 Å². The number of aliphatic carboxylic acids is 1. The topological polar surface area (TPSA) is 62.2 Å². The number of carboxylic acids is 1. The molecule has 0 unspecified atom stereocenters. The van der Waals surface area contributed by atoms with E-state index in [-0.39, 0.29) is 11.8 Å². The highest BCUT2D eigenvalue weighted by molar-refractivity contribution is 7.15. The molecule has 1 aromatic heterocycles. The van der Waals surface area contributed by atoms with Crippen molar-refractivity contribution in [3.63, 3.8) is 0 Å². The smallest absolute Gasteiger partial charge is 0.416 e. The van der Waals surface area contributed by atoms with Crippen LogP contribution in [0.2, 0.25) is 0 Å². The monoisotopic (exact) mass is 432 g/mol. The van der Waals surface area contributed by atoms with Crippen molar-refractivity contribution in [3.05, 3.63) is 70.2 Å². The summed E-state index contributed by atoms with van der Waals surface area (Å²) in [6.07, 6.45) is -3.66. The number of carbonyl (C=O) groups is 1. The van der Waals surface area contributed by atoms with Crippen LogP contribution in [-0.2, 0) is 17.5 Å². The van der Waals surface area contributed by atoms with Crippen LogP contribution in [0, 0.1) is 12.8 Å². The van der Waals surface area contributed by atoms with E-state index in [1.165, 1.54) is 23.5 Å². The molecule has 30 heavy (non-hydrogen) atoms. The molecule has 0 spiro atoms. The molecule has 1 fully saturated rings. The van der Waals surface area contributed by atoms with Gasteiger partial charge in [-0.2, -0.15) is 13.2 Å². The zero-order chi connectivity index (χ0) is 21.5. The van der Waals surface area contributed by atoms with Crippen molar-refractivity contribution in [2.75, 3.05) is 5.32 Å². The van der Waals surface area contributed by atoms with Gasteiger partial charge < -0.3 is 10.4 Å². The minimum Gasteiger partial charge on any atom is -0.481 e. The molecule has 8 heteroatoms. The normalized spacial score (nSPS) is 18.3. The van der Waals surface area contributed by atoms with Crippen molar-refractivity contribution < 1.29 is 23.1 Å². The van der Waals surface area contributed by atoms with E-state index < -0.39 is 17.7 Å². The maximum atomic E-state index is 12.7. The molecule has 2 atom stereocenters. The number of nitrogens with one attached hydrogen (secondary N) is 1. The largest absolute Gasteiger partial charge is 0.481 e. The highest BCUT2D eigenvalue weighted by Crippen LogP contribution is 2.47. The first-order valence-electron chi connectivity index (χ1n) is 9.43. The van der Waals surface area contributed by atoms with Crippen molar-refractivity contribution in [3.8, 4) is 10.6 Å². The van der Waals surface area contributed by atoms with E-state index in [4.69, 9.17) is 5.11 Å². The second-order valence-corrected chi connectivity index (χ2v) is 8.45. The van der Waals surface area contributed by atoms with Gasteiger partial charge in [-0.25, -0.2) is 4.98 Å². The fourth-order valence-corrected chi connectivity index (χ4v) is 4.39. The van der Waals surface area contributed by atoms with Gasteiger partial charge in [0.15, 0.2) is 0 Å². The molecule has 1 heterocycles. The lowest BCUT2D eigenvalue weighted by molar-refractivity contribution is -0.139. The molecule has 0 saturated heterocycles. The van der Waals surface area contributed by atoms with E-state index >= 15 is 0 Å². The Morgan fingerprint density at radius 2 is 1.83 bits per heavy atom. The van der Waals surface area contributed by atoms with E-state index in [0.29, 0.717) is 23.5 Å². The first kappa shape index (κ1) is 20.4. The van der Waals surface area contributed by atoms with Gasteiger partial charge in [0.05, 0.1) is 23.7 Å². The molecule has 1 saturated carbocycles. The lowest BCUT2D eigenvalue weighted by atomic mass is 10.1. The lowest BCUT2D eigenvalue weighted by Gasteiger charge is -2.07. The van der Waals surface area contributed by atoms with Gasteiger partial charge in [-0.15, -0.1) is 11.3 Å². The number of hydrogen-bond donors (Lipinski definition) is 2. The van der Waals surface area contributed by atoms with Crippen LogP contribution in [0.1, 0.15) is 34.0 Å². The van der Waals surface area contributed by atoms with Gasteiger partial charge in [0.2, 0.25) is 0 Å². The molecular formula is C22H19F3N2O2S. The Kier molecular flexibility index (Phi) is 5.27. The summed E-state index contributed by atoms with van der Waals surface area (Å²) in [6.45, 7) is 2.42. The highest BCUT2D eigenvalue weighted by atomic mass is 32.1. The van der Waals surface area contributed by atoms with E-state index in [9.17, 15) is 18.0 Å². The molecule has 3 aromatic rings. The SMILES string of the molecule is Cc1nc(-c2ccc(C(F)(F)F)cc2)sc1CNc1ccc([C@H]2C[C@H]2C(=O)O)cc1. The van der Waals surface area contributed by atoms with Crippen LogP contribution in [0.3, 0.4) is 0 Å². The molecule has 4 rings (SSSR count). The van der Waals surface area contributed by atoms with Gasteiger partial charge in [-0.3, -0.25) is 4.79 Å². The van der Waals surface area contributed by atoms with Gasteiger partial charge in [0.1, 0.15) is 5.01 Å². The minimum atomic E-state index is -4.35. The Morgan fingerprint density at radius 3 is 2.40 bits per heavy atom. The number of nitrogens with zero attached hydrogens (tertiary/aromatic N) is 1. The Hall–Kier alpha value is -2.87. The first-order valence-corrected chi connectivity index (χ1v) is 10.2. The number of hydrogen-bond acceptors (Lipinski definition) is 4. The van der Waals surface area contributed by atoms with Crippen LogP contribution in [-0.4, -0.2) is 16.1 Å². The molecule has 2 N–H and O–H groups in total. The third-order valence-electron chi connectivity index (χ3n) is 5.25. The summed E-state index contributed by atoms with van der Waals surface area (Å²) in [6, 6.07) is 12.8. The fraction of sp³-hybridized carbons (Fsp3) is 0.273. The van der Waals surface area contributed by atoms with E-state index in [1.54, 1.807) is 0 Å². The van der Waals surface area contributed by atoms with Crippen LogP contribution in [0.25, 0.3) is 10.6 Å². The van der Waals surface area contributed by atoms with Crippen molar-refractivity contribution >= 4 is 23.0 Å². The molecule has 2 aromatic carbocycles. The van der Waals surface area contributed by atoms with Crippen molar-refractivity contribution in [1.82, 2.24) is 4.98 Å². The minimum absolute atomic E-state index is 0.103. The summed E-state index contributed by atoms with van der Waals surface area (Å²) in [5, 5.41) is 13.0. The zero-order valence-corrected chi connectivity index (χ0v) is 16.8. The average Bonchev–Trinajstić information content (AvgIpc) is 3.43. The Bertz CT molecular complexity index is 1060. The third kappa shape index (κ3) is 4.33. The molecular weight excluding hydrogens is 413 g/mol. The molecule has 0 aliphatic heterocycles. The third-order valence-corrected chi connectivity index (χ3v) is 6.46. The van der Waals surface area contributed by atoms with Crippen LogP contribution < -0.4 is 5.32 Å². The zero-order valence-electron chi connectivity index (χ0n) is 16.0. The van der Waals surface area contributed by atoms with Crippen LogP contribution >= 0.6 is 11.3 Å². The standard InChI is InChI=1S/C22H19F3N2O2S/c1-12-19(30-20(27-12)14-2-6-15(7-3-14)22(23,24)25)11-26-16-8-4-13(5-9-16)17-10-18(17)21(28)29/h2-9,17-18,26H,10-11H2,1H3,(H,28,29)/t17-,18-/m1/s1. The van der Waals surface area contributed by atoms with Crippen LogP contribution in [0.4, 0.5) is 18.9 Å². The summed E-state index contributed by atoms with van der Waals surface area (Å²) in [5.74, 6) is -0.912. The lowest BCUT2D eigenvalue weighted by Crippen LogP contribution is -2.03. The molecule has 0 bridgehead atoms. The number of benzene rings is 2. The molecule has 0 radical (unpaired) electrons. The quantitative estimate of drug-likeness (QED) is 0.506. The molecule has 1 aliphatic rings. The average molecular weight is 432 g/mol. The molecule has 1 aliphatic carbocycles. The number of aromatic nitrogens is 1. The Labute approximate surface area is 175 Å². The predicted molar refractivity (Wildman–Crippen MR) is 110 cm³/mol. The first-order chi connectivity index (χ1) is 14.2. The highest BCUT2D eigenvalue weighted by Gasteiger charge is 2.44. The number of aryl methyl sites for hydroxylation is 1. The summed E-state index contributed by atoms with van der Waals surface area (Å²) in [7, 11) is 0. The number of alkyl halides is 3. The summed E-state index contributed by atoms with van der Waals surface area (Å²) in [4.78, 5) is 16.5. The molecule has 0 amide bonds. The van der Waals surface area contributed by atoms with Gasteiger partial charge in [-0.1, -0.05) is 24.3 Å². The maximum Gasteiger partial charge on any atom is 0.416 e. The van der Waals surface area contributed by atoms with Crippen LogP contribution in [0.5, 0.6) is 0 Å². The van der Waals surface area contributed by atoms with E-state index in [0.717, 1.165) is 34.0 Å². The Balaban J connectivity index is 1.40. The van der Waals surface area contributed by atoms with Crippen molar-refractivity contribution in [1.29, 1.82) is 0 Å². The fourth-order valence-electron chi connectivity index (χ4n) is 3.38. The van der Waals surface area contributed by atoms with Crippen LogP contribution in [0.15, 0.2) is 48.5 Å². The van der Waals surface area contributed by atoms with Crippen molar-refractivity contribution in [2.24, 2.45) is 5.92 Å². The number of halogens is 3. The van der Waals surface area contributed by atoms with Gasteiger partial charge in [-0.05, 0) is 49.1 Å². The maximum absolute atomic E-state index is 12.7. The van der Waals surface area contributed by atoms with Crippen molar-refractivity contribution in [2.45, 2.75) is 32.0 Å². The predicted octanol–water partition coefficient (Wildman–Crippen LogP) is 5.94. The number of rotatable bonds is 6. The molecule has 156 valence electrons. The molecule has 4 nitrogen and oxygen atoms in total.